The summed E-state index contributed by atoms with van der Waals surface area (Å²) in [7, 11) is 0. The molecular formula is C11H19N. The van der Waals surface area contributed by atoms with E-state index < -0.39 is 0 Å². The first-order valence-corrected chi connectivity index (χ1v) is 4.70. The van der Waals surface area contributed by atoms with Crippen LogP contribution in [0, 0.1) is 34.0 Å². The smallest absolute Gasteiger partial charge is 0.0686 e. The summed E-state index contributed by atoms with van der Waals surface area (Å²) in [6.45, 7) is 10.9. The lowest BCUT2D eigenvalue weighted by atomic mass is 9.81. The molecule has 0 radical (unpaired) electrons. The van der Waals surface area contributed by atoms with Gasteiger partial charge in [0.15, 0.2) is 0 Å². The molecule has 1 rings (SSSR count). The molecule has 0 aromatic heterocycles. The second-order valence-electron chi connectivity index (χ2n) is 5.65. The van der Waals surface area contributed by atoms with E-state index in [1.807, 2.05) is 0 Å². The van der Waals surface area contributed by atoms with Crippen molar-refractivity contribution in [2.75, 3.05) is 0 Å². The Morgan fingerprint density at radius 2 is 1.58 bits per heavy atom. The minimum absolute atomic E-state index is 0.113. The Morgan fingerprint density at radius 3 is 1.83 bits per heavy atom. The van der Waals surface area contributed by atoms with Crippen molar-refractivity contribution < 1.29 is 0 Å². The topological polar surface area (TPSA) is 23.8 Å². The quantitative estimate of drug-likeness (QED) is 0.585. The summed E-state index contributed by atoms with van der Waals surface area (Å²) in [6, 6.07) is 2.41. The third-order valence-corrected chi connectivity index (χ3v) is 3.12. The Morgan fingerprint density at radius 1 is 1.08 bits per heavy atom. The molecule has 12 heavy (non-hydrogen) atoms. The van der Waals surface area contributed by atoms with Gasteiger partial charge in [-0.3, -0.25) is 0 Å². The molecule has 0 bridgehead atoms. The number of hydrogen-bond donors (Lipinski definition) is 0. The zero-order valence-corrected chi connectivity index (χ0v) is 8.81. The van der Waals surface area contributed by atoms with Crippen LogP contribution in [0.1, 0.15) is 41.0 Å². The highest BCUT2D eigenvalue weighted by molar-refractivity contribution is 5.09. The average molecular weight is 165 g/mol. The van der Waals surface area contributed by atoms with Crippen LogP contribution in [0.4, 0.5) is 0 Å². The normalized spacial score (nSPS) is 29.7. The van der Waals surface area contributed by atoms with Crippen molar-refractivity contribution in [1.82, 2.24) is 0 Å². The Labute approximate surface area is 75.8 Å². The molecule has 0 aromatic carbocycles. The van der Waals surface area contributed by atoms with Crippen LogP contribution in [-0.2, 0) is 0 Å². The van der Waals surface area contributed by atoms with Crippen molar-refractivity contribution in [3.05, 3.63) is 0 Å². The summed E-state index contributed by atoms with van der Waals surface area (Å²) in [5.41, 5.74) is 0.275. The molecule has 0 spiro atoms. The molecule has 68 valence electrons. The zero-order valence-electron chi connectivity index (χ0n) is 8.81. The average Bonchev–Trinajstić information content (AvgIpc) is 2.63. The molecule has 2 unspecified atom stereocenters. The van der Waals surface area contributed by atoms with Gasteiger partial charge < -0.3 is 0 Å². The van der Waals surface area contributed by atoms with Crippen LogP contribution in [0.3, 0.4) is 0 Å². The Balaban J connectivity index is 2.61. The Bertz CT molecular complexity index is 214. The predicted molar refractivity (Wildman–Crippen MR) is 50.4 cm³/mol. The first kappa shape index (κ1) is 9.58. The van der Waals surface area contributed by atoms with Crippen molar-refractivity contribution in [1.29, 1.82) is 5.26 Å². The lowest BCUT2D eigenvalue weighted by molar-refractivity contribution is 0.281. The third-order valence-electron chi connectivity index (χ3n) is 3.12. The van der Waals surface area contributed by atoms with Gasteiger partial charge in [0.2, 0.25) is 0 Å². The fourth-order valence-electron chi connectivity index (χ4n) is 2.03. The fraction of sp³-hybridized carbons (Fsp3) is 0.909. The maximum absolute atomic E-state index is 8.94. The third kappa shape index (κ3) is 1.63. The summed E-state index contributed by atoms with van der Waals surface area (Å²) < 4.78 is 0. The molecule has 1 saturated carbocycles. The lowest BCUT2D eigenvalue weighted by Crippen LogP contribution is -2.18. The molecule has 0 N–H and O–H groups in total. The van der Waals surface area contributed by atoms with Crippen LogP contribution in [0.5, 0.6) is 0 Å². The van der Waals surface area contributed by atoms with Crippen molar-refractivity contribution in [2.45, 2.75) is 41.0 Å². The van der Waals surface area contributed by atoms with E-state index in [9.17, 15) is 0 Å². The molecule has 1 aliphatic rings. The Hall–Kier alpha value is -0.510. The van der Waals surface area contributed by atoms with Crippen LogP contribution < -0.4 is 0 Å². The van der Waals surface area contributed by atoms with Crippen LogP contribution in [0.25, 0.3) is 0 Å². The fourth-order valence-corrected chi connectivity index (χ4v) is 2.03. The molecular weight excluding hydrogens is 146 g/mol. The highest BCUT2D eigenvalue weighted by atomic mass is 14.6. The van der Waals surface area contributed by atoms with E-state index in [0.717, 1.165) is 5.92 Å². The van der Waals surface area contributed by atoms with Gasteiger partial charge in [-0.15, -0.1) is 0 Å². The van der Waals surface area contributed by atoms with E-state index in [1.54, 1.807) is 0 Å². The lowest BCUT2D eigenvalue weighted by Gasteiger charge is -2.22. The van der Waals surface area contributed by atoms with Gasteiger partial charge in [0, 0.05) is 0 Å². The Kier molecular flexibility index (Phi) is 1.98. The monoisotopic (exact) mass is 165 g/mol. The van der Waals surface area contributed by atoms with Gasteiger partial charge in [0.05, 0.1) is 11.5 Å². The van der Waals surface area contributed by atoms with Crippen LogP contribution in [-0.4, -0.2) is 0 Å². The number of nitrogens with zero attached hydrogens (tertiary/aromatic N) is 1. The maximum Gasteiger partial charge on any atom is 0.0686 e. The molecule has 1 aliphatic carbocycles. The van der Waals surface area contributed by atoms with Crippen molar-refractivity contribution >= 4 is 0 Å². The highest BCUT2D eigenvalue weighted by Crippen LogP contribution is 2.58. The van der Waals surface area contributed by atoms with Gasteiger partial charge in [-0.05, 0) is 37.5 Å². The predicted octanol–water partition coefficient (Wildman–Crippen LogP) is 3.22. The standard InChI is InChI=1S/C11H19N/c1-10(2,3)8-6-9(8)11(4,5)7-12/h8-9H,6H2,1-5H3. The second kappa shape index (κ2) is 2.49. The van der Waals surface area contributed by atoms with E-state index in [1.165, 1.54) is 6.42 Å². The minimum Gasteiger partial charge on any atom is -0.198 e. The summed E-state index contributed by atoms with van der Waals surface area (Å²) in [6.07, 6.45) is 1.24. The minimum atomic E-state index is -0.113. The molecule has 0 heterocycles. The summed E-state index contributed by atoms with van der Waals surface area (Å²) in [5, 5.41) is 8.94. The van der Waals surface area contributed by atoms with Crippen molar-refractivity contribution in [3.63, 3.8) is 0 Å². The van der Waals surface area contributed by atoms with E-state index in [-0.39, 0.29) is 5.41 Å². The zero-order chi connectivity index (χ0) is 9.57. The molecule has 2 atom stereocenters. The largest absolute Gasteiger partial charge is 0.198 e. The van der Waals surface area contributed by atoms with E-state index >= 15 is 0 Å². The molecule has 1 nitrogen and oxygen atoms in total. The van der Waals surface area contributed by atoms with E-state index in [2.05, 4.69) is 40.7 Å². The molecule has 1 heteroatoms. The van der Waals surface area contributed by atoms with Crippen molar-refractivity contribution in [3.8, 4) is 6.07 Å². The van der Waals surface area contributed by atoms with E-state index in [0.29, 0.717) is 11.3 Å². The van der Waals surface area contributed by atoms with Crippen LogP contribution in [0.15, 0.2) is 0 Å². The van der Waals surface area contributed by atoms with Gasteiger partial charge in [-0.25, -0.2) is 0 Å². The molecule has 0 amide bonds. The van der Waals surface area contributed by atoms with Crippen LogP contribution in [0.2, 0.25) is 0 Å². The first-order chi connectivity index (χ1) is 5.29. The van der Waals surface area contributed by atoms with Gasteiger partial charge in [-0.1, -0.05) is 20.8 Å². The maximum atomic E-state index is 8.94. The summed E-state index contributed by atoms with van der Waals surface area (Å²) in [4.78, 5) is 0. The van der Waals surface area contributed by atoms with Crippen molar-refractivity contribution in [2.24, 2.45) is 22.7 Å². The highest BCUT2D eigenvalue weighted by Gasteiger charge is 2.52. The summed E-state index contributed by atoms with van der Waals surface area (Å²) >= 11 is 0. The van der Waals surface area contributed by atoms with Gasteiger partial charge in [0.25, 0.3) is 0 Å². The second-order valence-corrected chi connectivity index (χ2v) is 5.65. The molecule has 0 aromatic rings. The van der Waals surface area contributed by atoms with Gasteiger partial charge >= 0.3 is 0 Å². The van der Waals surface area contributed by atoms with Crippen LogP contribution >= 0.6 is 0 Å². The van der Waals surface area contributed by atoms with Gasteiger partial charge in [-0.2, -0.15) is 5.26 Å². The number of nitriles is 1. The number of hydrogen-bond acceptors (Lipinski definition) is 1. The van der Waals surface area contributed by atoms with E-state index in [4.69, 9.17) is 5.26 Å². The van der Waals surface area contributed by atoms with Gasteiger partial charge in [0.1, 0.15) is 0 Å². The first-order valence-electron chi connectivity index (χ1n) is 4.70. The molecule has 0 aliphatic heterocycles. The molecule has 0 saturated heterocycles. The summed E-state index contributed by atoms with van der Waals surface area (Å²) in [5.74, 6) is 1.38. The SMILES string of the molecule is CC(C)(C)C1CC1C(C)(C)C#N. The number of rotatable bonds is 1. The molecule has 1 fully saturated rings.